The van der Waals surface area contributed by atoms with Crippen molar-refractivity contribution in [3.8, 4) is 0 Å². The van der Waals surface area contributed by atoms with Gasteiger partial charge in [0.2, 0.25) is 19.7 Å². The maximum atomic E-state index is 13.6. The van der Waals surface area contributed by atoms with Gasteiger partial charge in [-0.3, -0.25) is 0 Å². The molecule has 0 spiro atoms. The first kappa shape index (κ1) is 27.5. The Balaban J connectivity index is 2.84. The largest absolute Gasteiger partial charge is 0.464 e. The van der Waals surface area contributed by atoms with Gasteiger partial charge in [-0.1, -0.05) is 71.4 Å². The number of ether oxygens (including phenoxy) is 2. The highest BCUT2D eigenvalue weighted by Crippen LogP contribution is 2.54. The first-order valence-electron chi connectivity index (χ1n) is 9.40. The molecule has 2 aromatic carbocycles. The lowest BCUT2D eigenvalue weighted by Gasteiger charge is -2.32. The van der Waals surface area contributed by atoms with Crippen molar-refractivity contribution in [2.24, 2.45) is 0 Å². The number of halogens is 2. The van der Waals surface area contributed by atoms with E-state index in [9.17, 15) is 26.4 Å². The second-order valence-electron chi connectivity index (χ2n) is 6.25. The Morgan fingerprint density at radius 2 is 1.09 bits per heavy atom. The number of rotatable bonds is 10. The molecule has 33 heavy (non-hydrogen) atoms. The minimum Gasteiger partial charge on any atom is -0.464 e. The highest BCUT2D eigenvalue weighted by Gasteiger charge is 2.65. The molecule has 0 fully saturated rings. The molecule has 13 heteroatoms. The Kier molecular flexibility index (Phi) is 8.86. The third kappa shape index (κ3) is 5.17. The van der Waals surface area contributed by atoms with Crippen LogP contribution in [0.2, 0.25) is 0 Å². The maximum Gasteiger partial charge on any atom is 0.349 e. The zero-order valence-corrected chi connectivity index (χ0v) is 21.4. The Bertz CT molecular complexity index is 1110. The summed E-state index contributed by atoms with van der Waals surface area (Å²) in [6.07, 6.45) is 0. The van der Waals surface area contributed by atoms with Crippen LogP contribution in [0.5, 0.6) is 0 Å². The Hall–Kier alpha value is -1.79. The number of benzene rings is 2. The number of carbonyl (C=O) groups is 2. The number of thioether (sulfide) groups is 1. The van der Waals surface area contributed by atoms with Gasteiger partial charge in [-0.25, -0.2) is 26.4 Å². The third-order valence-corrected chi connectivity index (χ3v) is 13.1. The van der Waals surface area contributed by atoms with E-state index in [1.807, 2.05) is 0 Å². The summed E-state index contributed by atoms with van der Waals surface area (Å²) >= 11 is 12.4. The quantitative estimate of drug-likeness (QED) is 0.246. The van der Waals surface area contributed by atoms with Crippen LogP contribution >= 0.6 is 35.0 Å². The molecule has 0 aromatic heterocycles. The van der Waals surface area contributed by atoms with Crippen molar-refractivity contribution in [2.75, 3.05) is 13.2 Å². The van der Waals surface area contributed by atoms with Crippen LogP contribution in [0.3, 0.4) is 0 Å². The van der Waals surface area contributed by atoms with Gasteiger partial charge in [0.15, 0.2) is 0 Å². The Morgan fingerprint density at radius 3 is 1.39 bits per heavy atom. The fourth-order valence-electron chi connectivity index (χ4n) is 2.52. The molecule has 0 heterocycles. The van der Waals surface area contributed by atoms with Crippen LogP contribution in [-0.4, -0.2) is 49.1 Å². The van der Waals surface area contributed by atoms with Crippen molar-refractivity contribution in [3.05, 3.63) is 60.7 Å². The summed E-state index contributed by atoms with van der Waals surface area (Å²) in [5.74, 6) is -2.85. The normalized spacial score (nSPS) is 12.7. The van der Waals surface area contributed by atoms with Crippen LogP contribution in [0.15, 0.2) is 70.5 Å². The Labute approximate surface area is 206 Å². The van der Waals surface area contributed by atoms with Gasteiger partial charge < -0.3 is 9.47 Å². The zero-order chi connectivity index (χ0) is 24.9. The van der Waals surface area contributed by atoms with Gasteiger partial charge in [0.05, 0.1) is 23.0 Å². The number of esters is 2. The molecule has 2 aromatic rings. The molecule has 2 rings (SSSR count). The van der Waals surface area contributed by atoms with Crippen molar-refractivity contribution >= 4 is 66.6 Å². The van der Waals surface area contributed by atoms with Crippen LogP contribution in [0.4, 0.5) is 0 Å². The molecule has 0 unspecified atom stereocenters. The molecule has 0 atom stereocenters. The fraction of sp³-hybridized carbons (Fsp3) is 0.300. The molecule has 8 nitrogen and oxygen atoms in total. The first-order chi connectivity index (χ1) is 15.4. The first-order valence-corrected chi connectivity index (χ1v) is 13.9. The van der Waals surface area contributed by atoms with E-state index in [2.05, 4.69) is 0 Å². The van der Waals surface area contributed by atoms with Crippen molar-refractivity contribution < 1.29 is 35.9 Å². The molecule has 0 aliphatic heterocycles. The minimum atomic E-state index is -5.00. The second kappa shape index (κ2) is 10.6. The van der Waals surface area contributed by atoms with Crippen LogP contribution in [-0.2, 0) is 38.7 Å². The van der Waals surface area contributed by atoms with E-state index in [0.29, 0.717) is 0 Å². The number of carbonyl (C=O) groups excluding carboxylic acids is 2. The molecule has 0 saturated heterocycles. The van der Waals surface area contributed by atoms with Crippen molar-refractivity contribution in [2.45, 2.75) is 30.7 Å². The lowest BCUT2D eigenvalue weighted by Crippen LogP contribution is -2.49. The average Bonchev–Trinajstić information content (AvgIpc) is 2.80. The van der Waals surface area contributed by atoms with Crippen molar-refractivity contribution in [1.29, 1.82) is 0 Å². The Morgan fingerprint density at radius 1 is 0.758 bits per heavy atom. The topological polar surface area (TPSA) is 121 Å². The molecule has 0 aliphatic rings. The lowest BCUT2D eigenvalue weighted by atomic mass is 10.4. The monoisotopic (exact) mass is 554 g/mol. The van der Waals surface area contributed by atoms with Crippen LogP contribution in [0.1, 0.15) is 13.8 Å². The smallest absolute Gasteiger partial charge is 0.349 e. The number of alkyl halides is 2. The molecular weight excluding hydrogens is 535 g/mol. The van der Waals surface area contributed by atoms with Gasteiger partial charge in [0.25, 0.3) is 4.21 Å². The molecule has 0 amide bonds. The molecule has 0 N–H and O–H groups in total. The summed E-state index contributed by atoms with van der Waals surface area (Å²) in [6, 6.07) is 12.9. The predicted molar refractivity (Wildman–Crippen MR) is 125 cm³/mol. The van der Waals surface area contributed by atoms with E-state index in [1.54, 1.807) is 0 Å². The molecule has 0 saturated carbocycles. The zero-order valence-electron chi connectivity index (χ0n) is 17.4. The fourth-order valence-corrected chi connectivity index (χ4v) is 10.4. The number of sulfone groups is 2. The van der Waals surface area contributed by atoms with Gasteiger partial charge in [0, 0.05) is 0 Å². The van der Waals surface area contributed by atoms with Crippen LogP contribution < -0.4 is 0 Å². The summed E-state index contributed by atoms with van der Waals surface area (Å²) in [7, 11) is -9.99. The highest BCUT2D eigenvalue weighted by atomic mass is 35.5. The van der Waals surface area contributed by atoms with Gasteiger partial charge in [-0.05, 0) is 38.1 Å². The van der Waals surface area contributed by atoms with Gasteiger partial charge in [0.1, 0.15) is 0 Å². The number of hydrogen-bond acceptors (Lipinski definition) is 9. The average molecular weight is 555 g/mol. The molecule has 0 aliphatic carbocycles. The van der Waals surface area contributed by atoms with E-state index >= 15 is 0 Å². The van der Waals surface area contributed by atoms with Gasteiger partial charge in [-0.2, -0.15) is 0 Å². The van der Waals surface area contributed by atoms with E-state index in [1.165, 1.54) is 50.2 Å². The van der Waals surface area contributed by atoms with Crippen LogP contribution in [0.25, 0.3) is 0 Å². The highest BCUT2D eigenvalue weighted by molar-refractivity contribution is 8.32. The molecular formula is C20H20Cl2O8S3. The van der Waals surface area contributed by atoms with E-state index in [4.69, 9.17) is 32.7 Å². The molecule has 0 radical (unpaired) electrons. The molecule has 180 valence electrons. The second-order valence-corrected chi connectivity index (χ2v) is 14.7. The summed E-state index contributed by atoms with van der Waals surface area (Å²) in [5.41, 5.74) is 0. The van der Waals surface area contributed by atoms with E-state index in [0.717, 1.165) is 24.3 Å². The molecule has 0 bridgehead atoms. The third-order valence-electron chi connectivity index (χ3n) is 4.09. The standard InChI is InChI=1S/C20H20Cl2O8S3/c1-3-29-17(23)19(21,18(24)30-4-2)31-20(22,32(25,26)15-11-7-5-8-12-15)33(27,28)16-13-9-6-10-14-16/h5-14H,3-4H2,1-2H3. The lowest BCUT2D eigenvalue weighted by molar-refractivity contribution is -0.154. The summed E-state index contributed by atoms with van der Waals surface area (Å²) in [6.45, 7) is 2.36. The summed E-state index contributed by atoms with van der Waals surface area (Å²) < 4.78 is 57.8. The van der Waals surface area contributed by atoms with Gasteiger partial charge >= 0.3 is 14.8 Å². The van der Waals surface area contributed by atoms with E-state index in [-0.39, 0.29) is 25.0 Å². The minimum absolute atomic E-state index is 0.237. The summed E-state index contributed by atoms with van der Waals surface area (Å²) in [4.78, 5) is 24.4. The van der Waals surface area contributed by atoms with Gasteiger partial charge in [-0.15, -0.1) is 0 Å². The van der Waals surface area contributed by atoms with Crippen molar-refractivity contribution in [1.82, 2.24) is 0 Å². The SMILES string of the molecule is CCOC(=O)C(Cl)(SC(Cl)(S(=O)(=O)c1ccccc1)S(=O)(=O)c1ccccc1)C(=O)OCC. The van der Waals surface area contributed by atoms with E-state index < -0.39 is 48.5 Å². The maximum absolute atomic E-state index is 13.6. The van der Waals surface area contributed by atoms with Crippen LogP contribution in [0, 0.1) is 0 Å². The summed E-state index contributed by atoms with van der Waals surface area (Å²) in [5, 5.41) is 0. The number of hydrogen-bond donors (Lipinski definition) is 0. The predicted octanol–water partition coefficient (Wildman–Crippen LogP) is 3.58. The van der Waals surface area contributed by atoms with Crippen molar-refractivity contribution in [3.63, 3.8) is 0 Å².